The molecular formula is C23H32N2O4. The van der Waals surface area contributed by atoms with Gasteiger partial charge in [0.15, 0.2) is 6.61 Å². The Hall–Kier alpha value is -2.37. The Balaban J connectivity index is 1.39. The smallest absolute Gasteiger partial charge is 0.309 e. The highest BCUT2D eigenvalue weighted by atomic mass is 16.5. The number of nitrogens with one attached hydrogen (secondary N) is 2. The second kappa shape index (κ2) is 10.4. The van der Waals surface area contributed by atoms with Crippen molar-refractivity contribution in [3.63, 3.8) is 0 Å². The van der Waals surface area contributed by atoms with E-state index in [9.17, 15) is 14.4 Å². The monoisotopic (exact) mass is 400 g/mol. The summed E-state index contributed by atoms with van der Waals surface area (Å²) in [6.07, 6.45) is 9.61. The first-order valence-corrected chi connectivity index (χ1v) is 10.9. The lowest BCUT2D eigenvalue weighted by molar-refractivity contribution is -0.152. The van der Waals surface area contributed by atoms with Gasteiger partial charge in [-0.05, 0) is 62.6 Å². The van der Waals surface area contributed by atoms with Gasteiger partial charge >= 0.3 is 5.97 Å². The third-order valence-electron chi connectivity index (χ3n) is 5.81. The van der Waals surface area contributed by atoms with Gasteiger partial charge in [-0.2, -0.15) is 0 Å². The molecule has 0 bridgehead atoms. The lowest BCUT2D eigenvalue weighted by atomic mass is 9.80. The summed E-state index contributed by atoms with van der Waals surface area (Å²) in [5.41, 5.74) is 1.03. The topological polar surface area (TPSA) is 84.5 Å². The summed E-state index contributed by atoms with van der Waals surface area (Å²) in [7, 11) is 0. The first-order chi connectivity index (χ1) is 14.0. The third-order valence-corrected chi connectivity index (χ3v) is 5.81. The molecule has 0 aliphatic heterocycles. The Morgan fingerprint density at radius 2 is 1.83 bits per heavy atom. The molecule has 1 aromatic rings. The van der Waals surface area contributed by atoms with E-state index in [1.54, 1.807) is 24.3 Å². The minimum atomic E-state index is -0.394. The molecule has 2 saturated carbocycles. The van der Waals surface area contributed by atoms with Crippen molar-refractivity contribution in [1.29, 1.82) is 0 Å². The fraction of sp³-hybridized carbons (Fsp3) is 0.609. The molecule has 0 heterocycles. The van der Waals surface area contributed by atoms with E-state index in [4.69, 9.17) is 4.74 Å². The molecule has 2 amide bonds. The van der Waals surface area contributed by atoms with E-state index < -0.39 is 5.91 Å². The van der Waals surface area contributed by atoms with E-state index in [1.807, 2.05) is 0 Å². The zero-order valence-electron chi connectivity index (χ0n) is 17.2. The number of carbonyl (C=O) groups excluding carboxylic acids is 3. The molecule has 3 rings (SSSR count). The van der Waals surface area contributed by atoms with Crippen molar-refractivity contribution in [3.05, 3.63) is 29.8 Å². The molecule has 2 N–H and O–H groups in total. The number of amides is 2. The molecule has 0 radical (unpaired) electrons. The van der Waals surface area contributed by atoms with Gasteiger partial charge in [-0.3, -0.25) is 14.4 Å². The quantitative estimate of drug-likeness (QED) is 0.612. The molecular weight excluding hydrogens is 368 g/mol. The van der Waals surface area contributed by atoms with Crippen molar-refractivity contribution >= 4 is 23.5 Å². The maximum atomic E-state index is 12.3. The predicted molar refractivity (Wildman–Crippen MR) is 111 cm³/mol. The molecule has 6 heteroatoms. The highest BCUT2D eigenvalue weighted by molar-refractivity contribution is 5.98. The fourth-order valence-electron chi connectivity index (χ4n) is 3.87. The lowest BCUT2D eigenvalue weighted by Crippen LogP contribution is -2.28. The van der Waals surface area contributed by atoms with Crippen LogP contribution in [0, 0.1) is 11.8 Å². The molecule has 29 heavy (non-hydrogen) atoms. The van der Waals surface area contributed by atoms with Crippen molar-refractivity contribution < 1.29 is 19.1 Å². The van der Waals surface area contributed by atoms with Crippen LogP contribution in [0.1, 0.15) is 75.1 Å². The number of anilines is 1. The molecule has 0 unspecified atom stereocenters. The maximum absolute atomic E-state index is 12.3. The number of unbranched alkanes of at least 4 members (excludes halogenated alkanes) is 1. The number of esters is 1. The normalized spacial score (nSPS) is 21.3. The van der Waals surface area contributed by atoms with Crippen LogP contribution in [0.2, 0.25) is 0 Å². The maximum Gasteiger partial charge on any atom is 0.309 e. The summed E-state index contributed by atoms with van der Waals surface area (Å²) in [5.74, 6) is -0.159. The van der Waals surface area contributed by atoms with Gasteiger partial charge in [0.1, 0.15) is 0 Å². The summed E-state index contributed by atoms with van der Waals surface area (Å²) < 4.78 is 5.24. The Morgan fingerprint density at radius 3 is 2.52 bits per heavy atom. The van der Waals surface area contributed by atoms with Gasteiger partial charge in [-0.1, -0.05) is 32.3 Å². The van der Waals surface area contributed by atoms with Crippen molar-refractivity contribution in [3.8, 4) is 0 Å². The molecule has 6 nitrogen and oxygen atoms in total. The second-order valence-corrected chi connectivity index (χ2v) is 8.34. The largest absolute Gasteiger partial charge is 0.455 e. The van der Waals surface area contributed by atoms with E-state index in [0.29, 0.717) is 11.3 Å². The van der Waals surface area contributed by atoms with Crippen LogP contribution >= 0.6 is 0 Å². The molecule has 1 aromatic carbocycles. The van der Waals surface area contributed by atoms with E-state index in [2.05, 4.69) is 17.6 Å². The number of benzene rings is 1. The molecule has 0 atom stereocenters. The summed E-state index contributed by atoms with van der Waals surface area (Å²) in [6, 6.07) is 7.06. The second-order valence-electron chi connectivity index (χ2n) is 8.34. The average Bonchev–Trinajstić information content (AvgIpc) is 3.55. The van der Waals surface area contributed by atoms with Gasteiger partial charge in [-0.15, -0.1) is 0 Å². The Morgan fingerprint density at radius 1 is 1.07 bits per heavy atom. The molecule has 0 spiro atoms. The zero-order valence-corrected chi connectivity index (χ0v) is 17.2. The highest BCUT2D eigenvalue weighted by Gasteiger charge is 2.27. The van der Waals surface area contributed by atoms with Gasteiger partial charge in [-0.25, -0.2) is 0 Å². The molecule has 2 aliphatic rings. The molecule has 0 aromatic heterocycles. The van der Waals surface area contributed by atoms with Crippen LogP contribution < -0.4 is 10.6 Å². The fourth-order valence-corrected chi connectivity index (χ4v) is 3.87. The van der Waals surface area contributed by atoms with Crippen LogP contribution in [0.5, 0.6) is 0 Å². The van der Waals surface area contributed by atoms with Crippen LogP contribution in [0.15, 0.2) is 24.3 Å². The SMILES string of the molecule is CCCCC1CCC(C(=O)OCC(=O)Nc2cccc(C(=O)NC3CC3)c2)CC1. The van der Waals surface area contributed by atoms with Gasteiger partial charge in [0.25, 0.3) is 11.8 Å². The summed E-state index contributed by atoms with van der Waals surface area (Å²) >= 11 is 0. The van der Waals surface area contributed by atoms with Gasteiger partial charge < -0.3 is 15.4 Å². The van der Waals surface area contributed by atoms with Gasteiger partial charge in [0.2, 0.25) is 0 Å². The molecule has 2 fully saturated rings. The van der Waals surface area contributed by atoms with Crippen molar-refractivity contribution in [1.82, 2.24) is 5.32 Å². The molecule has 0 saturated heterocycles. The minimum Gasteiger partial charge on any atom is -0.455 e. The van der Waals surface area contributed by atoms with Crippen molar-refractivity contribution in [2.75, 3.05) is 11.9 Å². The Bertz CT molecular complexity index is 721. The highest BCUT2D eigenvalue weighted by Crippen LogP contribution is 2.32. The van der Waals surface area contributed by atoms with Crippen molar-refractivity contribution in [2.24, 2.45) is 11.8 Å². The number of carbonyl (C=O) groups is 3. The summed E-state index contributed by atoms with van der Waals surface area (Å²) in [4.78, 5) is 36.5. The average molecular weight is 401 g/mol. The molecule has 158 valence electrons. The van der Waals surface area contributed by atoms with E-state index in [1.165, 1.54) is 19.3 Å². The first-order valence-electron chi connectivity index (χ1n) is 10.9. The van der Waals surface area contributed by atoms with Crippen LogP contribution in [-0.2, 0) is 14.3 Å². The minimum absolute atomic E-state index is 0.0878. The van der Waals surface area contributed by atoms with Crippen molar-refractivity contribution in [2.45, 2.75) is 70.8 Å². The number of hydrogen-bond acceptors (Lipinski definition) is 4. The third kappa shape index (κ3) is 6.87. The summed E-state index contributed by atoms with van der Waals surface area (Å²) in [5, 5.41) is 5.62. The predicted octanol–water partition coefficient (Wildman–Crippen LogP) is 4.06. The van der Waals surface area contributed by atoms with E-state index >= 15 is 0 Å². The number of hydrogen-bond donors (Lipinski definition) is 2. The van der Waals surface area contributed by atoms with Crippen LogP contribution in [0.3, 0.4) is 0 Å². The Kier molecular flexibility index (Phi) is 7.67. The van der Waals surface area contributed by atoms with Crippen LogP contribution in [0.25, 0.3) is 0 Å². The van der Waals surface area contributed by atoms with Gasteiger partial charge in [0, 0.05) is 17.3 Å². The Labute approximate surface area is 172 Å². The zero-order chi connectivity index (χ0) is 20.6. The molecule has 2 aliphatic carbocycles. The summed E-state index contributed by atoms with van der Waals surface area (Å²) in [6.45, 7) is 1.90. The lowest BCUT2D eigenvalue weighted by Gasteiger charge is -2.27. The number of rotatable bonds is 9. The number of ether oxygens (including phenoxy) is 1. The van der Waals surface area contributed by atoms with E-state index in [-0.39, 0.29) is 30.4 Å². The first kappa shape index (κ1) is 21.3. The van der Waals surface area contributed by atoms with Crippen LogP contribution in [0.4, 0.5) is 5.69 Å². The van der Waals surface area contributed by atoms with Crippen LogP contribution in [-0.4, -0.2) is 30.4 Å². The van der Waals surface area contributed by atoms with E-state index in [0.717, 1.165) is 44.4 Å². The standard InChI is InChI=1S/C23H32N2O4/c1-2-3-5-16-8-10-17(11-9-16)23(28)29-15-21(26)24-20-7-4-6-18(14-20)22(27)25-19-12-13-19/h4,6-7,14,16-17,19H,2-3,5,8-13,15H2,1H3,(H,24,26)(H,25,27). The van der Waals surface area contributed by atoms with Gasteiger partial charge in [0.05, 0.1) is 5.92 Å².